The Morgan fingerprint density at radius 1 is 1.25 bits per heavy atom. The number of hydrogen-bond acceptors (Lipinski definition) is 3. The van der Waals surface area contributed by atoms with Crippen LogP contribution in [0.2, 0.25) is 0 Å². The van der Waals surface area contributed by atoms with Gasteiger partial charge in [-0.1, -0.05) is 27.2 Å². The molecule has 96 valence electrons. The second kappa shape index (κ2) is 8.53. The molecular weight excluding hydrogens is 202 g/mol. The van der Waals surface area contributed by atoms with Gasteiger partial charge in [0.25, 0.3) is 0 Å². The van der Waals surface area contributed by atoms with Crippen molar-refractivity contribution >= 4 is 5.91 Å². The summed E-state index contributed by atoms with van der Waals surface area (Å²) in [5.41, 5.74) is 5.66. The monoisotopic (exact) mass is 229 g/mol. The highest BCUT2D eigenvalue weighted by Gasteiger charge is 2.16. The van der Waals surface area contributed by atoms with Crippen LogP contribution in [0.5, 0.6) is 0 Å². The number of amides is 1. The number of nitrogens with one attached hydrogen (secondary N) is 2. The lowest BCUT2D eigenvalue weighted by molar-refractivity contribution is -0.123. The van der Waals surface area contributed by atoms with Gasteiger partial charge in [0.2, 0.25) is 5.91 Å². The molecule has 0 aromatic carbocycles. The van der Waals surface area contributed by atoms with Gasteiger partial charge in [0.05, 0.1) is 6.04 Å². The summed E-state index contributed by atoms with van der Waals surface area (Å²) in [6.45, 7) is 9.60. The van der Waals surface area contributed by atoms with E-state index in [2.05, 4.69) is 31.4 Å². The molecule has 0 saturated carbocycles. The van der Waals surface area contributed by atoms with E-state index < -0.39 is 0 Å². The quantitative estimate of drug-likeness (QED) is 0.578. The van der Waals surface area contributed by atoms with Crippen LogP contribution in [0, 0.1) is 5.92 Å². The smallest absolute Gasteiger partial charge is 0.237 e. The summed E-state index contributed by atoms with van der Waals surface area (Å²) in [7, 11) is 0. The standard InChI is InChI=1S/C12H27N3O/c1-5-6-11(14-8-10(4)13)12(16)15-7-9(2)3/h9-11,14H,5-8,13H2,1-4H3,(H,15,16)/t10?,11-/m0/s1. The van der Waals surface area contributed by atoms with Crippen molar-refractivity contribution < 1.29 is 4.79 Å². The summed E-state index contributed by atoms with van der Waals surface area (Å²) in [5, 5.41) is 6.16. The van der Waals surface area contributed by atoms with Crippen molar-refractivity contribution in [3.63, 3.8) is 0 Å². The average Bonchev–Trinajstić information content (AvgIpc) is 2.20. The molecule has 0 aromatic rings. The van der Waals surface area contributed by atoms with E-state index in [1.165, 1.54) is 0 Å². The minimum Gasteiger partial charge on any atom is -0.354 e. The zero-order valence-corrected chi connectivity index (χ0v) is 11.0. The lowest BCUT2D eigenvalue weighted by Crippen LogP contribution is -2.48. The van der Waals surface area contributed by atoms with E-state index in [1.54, 1.807) is 0 Å². The third kappa shape index (κ3) is 7.65. The normalized spacial score (nSPS) is 14.9. The van der Waals surface area contributed by atoms with E-state index in [4.69, 9.17) is 5.73 Å². The van der Waals surface area contributed by atoms with E-state index in [9.17, 15) is 4.79 Å². The molecule has 4 nitrogen and oxygen atoms in total. The number of rotatable bonds is 8. The number of carbonyl (C=O) groups is 1. The highest BCUT2D eigenvalue weighted by atomic mass is 16.2. The summed E-state index contributed by atoms with van der Waals surface area (Å²) < 4.78 is 0. The summed E-state index contributed by atoms with van der Waals surface area (Å²) in [6, 6.07) is -0.0213. The molecule has 0 rings (SSSR count). The first-order valence-electron chi connectivity index (χ1n) is 6.24. The van der Waals surface area contributed by atoms with Crippen molar-refractivity contribution in [2.75, 3.05) is 13.1 Å². The Labute approximate surface area is 99.4 Å². The Kier molecular flexibility index (Phi) is 8.21. The topological polar surface area (TPSA) is 67.1 Å². The Bertz CT molecular complexity index is 193. The van der Waals surface area contributed by atoms with Gasteiger partial charge in [0, 0.05) is 19.1 Å². The minimum absolute atomic E-state index is 0.0808. The van der Waals surface area contributed by atoms with Gasteiger partial charge in [-0.05, 0) is 19.3 Å². The molecule has 0 aliphatic rings. The Balaban J connectivity index is 4.02. The molecule has 0 saturated heterocycles. The first-order chi connectivity index (χ1) is 7.47. The molecule has 1 unspecified atom stereocenters. The predicted molar refractivity (Wildman–Crippen MR) is 68.2 cm³/mol. The zero-order chi connectivity index (χ0) is 12.6. The largest absolute Gasteiger partial charge is 0.354 e. The Morgan fingerprint density at radius 2 is 1.88 bits per heavy atom. The molecule has 0 radical (unpaired) electrons. The fraction of sp³-hybridized carbons (Fsp3) is 0.917. The third-order valence-electron chi connectivity index (χ3n) is 2.26. The maximum Gasteiger partial charge on any atom is 0.237 e. The molecular formula is C12H27N3O. The highest BCUT2D eigenvalue weighted by Crippen LogP contribution is 1.98. The van der Waals surface area contributed by atoms with Gasteiger partial charge in [-0.3, -0.25) is 4.79 Å². The first-order valence-corrected chi connectivity index (χ1v) is 6.24. The van der Waals surface area contributed by atoms with Crippen molar-refractivity contribution in [1.82, 2.24) is 10.6 Å². The number of nitrogens with two attached hydrogens (primary N) is 1. The predicted octanol–water partition coefficient (Wildman–Crippen LogP) is 0.864. The Morgan fingerprint density at radius 3 is 2.31 bits per heavy atom. The van der Waals surface area contributed by atoms with Crippen molar-refractivity contribution in [2.24, 2.45) is 11.7 Å². The summed E-state index contributed by atoms with van der Waals surface area (Å²) >= 11 is 0. The van der Waals surface area contributed by atoms with Crippen LogP contribution in [0.15, 0.2) is 0 Å². The maximum absolute atomic E-state index is 11.8. The summed E-state index contributed by atoms with van der Waals surface area (Å²) in [6.07, 6.45) is 1.85. The molecule has 4 N–H and O–H groups in total. The zero-order valence-electron chi connectivity index (χ0n) is 11.0. The van der Waals surface area contributed by atoms with Crippen LogP contribution in [-0.2, 0) is 4.79 Å². The lowest BCUT2D eigenvalue weighted by Gasteiger charge is -2.19. The first kappa shape index (κ1) is 15.4. The molecule has 0 spiro atoms. The van der Waals surface area contributed by atoms with Crippen LogP contribution in [0.4, 0.5) is 0 Å². The molecule has 0 bridgehead atoms. The van der Waals surface area contributed by atoms with E-state index in [-0.39, 0.29) is 18.0 Å². The minimum atomic E-state index is -0.102. The third-order valence-corrected chi connectivity index (χ3v) is 2.26. The van der Waals surface area contributed by atoms with Gasteiger partial charge < -0.3 is 16.4 Å². The van der Waals surface area contributed by atoms with Crippen molar-refractivity contribution in [2.45, 2.75) is 52.6 Å². The number of hydrogen-bond donors (Lipinski definition) is 3. The summed E-state index contributed by atoms with van der Waals surface area (Å²) in [4.78, 5) is 11.8. The van der Waals surface area contributed by atoms with Crippen molar-refractivity contribution in [1.29, 1.82) is 0 Å². The van der Waals surface area contributed by atoms with Crippen LogP contribution in [-0.4, -0.2) is 31.1 Å². The highest BCUT2D eigenvalue weighted by molar-refractivity contribution is 5.81. The van der Waals surface area contributed by atoms with Crippen LogP contribution in [0.25, 0.3) is 0 Å². The van der Waals surface area contributed by atoms with E-state index in [0.29, 0.717) is 12.5 Å². The lowest BCUT2D eigenvalue weighted by atomic mass is 10.1. The fourth-order valence-electron chi connectivity index (χ4n) is 1.37. The van der Waals surface area contributed by atoms with Crippen LogP contribution in [0.3, 0.4) is 0 Å². The molecule has 2 atom stereocenters. The molecule has 1 amide bonds. The van der Waals surface area contributed by atoms with Gasteiger partial charge in [0.15, 0.2) is 0 Å². The van der Waals surface area contributed by atoms with Gasteiger partial charge in [-0.2, -0.15) is 0 Å². The van der Waals surface area contributed by atoms with Crippen LogP contribution < -0.4 is 16.4 Å². The fourth-order valence-corrected chi connectivity index (χ4v) is 1.37. The SMILES string of the molecule is CCC[C@H](NCC(C)N)C(=O)NCC(C)C. The molecule has 0 heterocycles. The molecule has 0 aliphatic carbocycles. The molecule has 0 aromatic heterocycles. The molecule has 0 fully saturated rings. The van der Waals surface area contributed by atoms with Crippen LogP contribution >= 0.6 is 0 Å². The van der Waals surface area contributed by atoms with E-state index >= 15 is 0 Å². The van der Waals surface area contributed by atoms with Crippen molar-refractivity contribution in [3.05, 3.63) is 0 Å². The number of carbonyl (C=O) groups excluding carboxylic acids is 1. The van der Waals surface area contributed by atoms with Gasteiger partial charge >= 0.3 is 0 Å². The Hall–Kier alpha value is -0.610. The van der Waals surface area contributed by atoms with Gasteiger partial charge in [-0.15, -0.1) is 0 Å². The van der Waals surface area contributed by atoms with E-state index in [0.717, 1.165) is 19.4 Å². The van der Waals surface area contributed by atoms with Crippen molar-refractivity contribution in [3.8, 4) is 0 Å². The molecule has 0 aliphatic heterocycles. The van der Waals surface area contributed by atoms with Crippen LogP contribution in [0.1, 0.15) is 40.5 Å². The molecule has 4 heteroatoms. The average molecular weight is 229 g/mol. The summed E-state index contributed by atoms with van der Waals surface area (Å²) in [5.74, 6) is 0.579. The molecule has 16 heavy (non-hydrogen) atoms. The maximum atomic E-state index is 11.8. The second-order valence-corrected chi connectivity index (χ2v) is 4.87. The second-order valence-electron chi connectivity index (χ2n) is 4.87. The van der Waals surface area contributed by atoms with Gasteiger partial charge in [0.1, 0.15) is 0 Å². The van der Waals surface area contributed by atoms with E-state index in [1.807, 2.05) is 6.92 Å². The van der Waals surface area contributed by atoms with Gasteiger partial charge in [-0.25, -0.2) is 0 Å².